The first kappa shape index (κ1) is 12.7. The number of ether oxygens (including phenoxy) is 1. The zero-order valence-corrected chi connectivity index (χ0v) is 10.8. The summed E-state index contributed by atoms with van der Waals surface area (Å²) < 4.78 is 11.6. The van der Waals surface area contributed by atoms with Gasteiger partial charge in [0.2, 0.25) is 0 Å². The molecule has 1 aromatic heterocycles. The molecule has 4 atom stereocenters. The Hall–Kier alpha value is -0.800. The van der Waals surface area contributed by atoms with Crippen molar-refractivity contribution in [3.63, 3.8) is 0 Å². The third-order valence-electron chi connectivity index (χ3n) is 3.53. The maximum absolute atomic E-state index is 6.15. The predicted octanol–water partition coefficient (Wildman–Crippen LogP) is 3.26. The van der Waals surface area contributed by atoms with Gasteiger partial charge in [-0.25, -0.2) is 0 Å². The molecule has 0 spiro atoms. The summed E-state index contributed by atoms with van der Waals surface area (Å²) in [5.41, 5.74) is 5.99. The second-order valence-electron chi connectivity index (χ2n) is 5.33. The third-order valence-corrected chi connectivity index (χ3v) is 3.53. The van der Waals surface area contributed by atoms with Crippen LogP contribution in [0.2, 0.25) is 0 Å². The van der Waals surface area contributed by atoms with Crippen LogP contribution in [0.4, 0.5) is 0 Å². The molecule has 0 saturated heterocycles. The van der Waals surface area contributed by atoms with E-state index in [1.54, 1.807) is 6.26 Å². The predicted molar refractivity (Wildman–Crippen MR) is 67.6 cm³/mol. The number of hydrogen-bond acceptors (Lipinski definition) is 3. The fourth-order valence-corrected chi connectivity index (χ4v) is 2.61. The van der Waals surface area contributed by atoms with Gasteiger partial charge in [-0.15, -0.1) is 0 Å². The van der Waals surface area contributed by atoms with Gasteiger partial charge in [0.05, 0.1) is 12.4 Å². The van der Waals surface area contributed by atoms with E-state index < -0.39 is 0 Å². The van der Waals surface area contributed by atoms with Gasteiger partial charge < -0.3 is 14.9 Å². The van der Waals surface area contributed by atoms with Crippen molar-refractivity contribution in [1.82, 2.24) is 0 Å². The summed E-state index contributed by atoms with van der Waals surface area (Å²) in [4.78, 5) is 0. The summed E-state index contributed by atoms with van der Waals surface area (Å²) in [6, 6.07) is 3.79. The summed E-state index contributed by atoms with van der Waals surface area (Å²) in [7, 11) is 0. The fourth-order valence-electron chi connectivity index (χ4n) is 2.61. The molecule has 0 aromatic carbocycles. The molecule has 0 amide bonds. The SMILES string of the molecule is CC1CCCC(OC(c2ccco2)C(C)N)C1. The Labute approximate surface area is 103 Å². The van der Waals surface area contributed by atoms with Crippen LogP contribution >= 0.6 is 0 Å². The highest BCUT2D eigenvalue weighted by Gasteiger charge is 2.27. The summed E-state index contributed by atoms with van der Waals surface area (Å²) in [6.45, 7) is 4.27. The topological polar surface area (TPSA) is 48.4 Å². The number of hydrogen-bond donors (Lipinski definition) is 1. The van der Waals surface area contributed by atoms with E-state index in [4.69, 9.17) is 14.9 Å². The van der Waals surface area contributed by atoms with Gasteiger partial charge in [0.25, 0.3) is 0 Å². The quantitative estimate of drug-likeness (QED) is 0.874. The summed E-state index contributed by atoms with van der Waals surface area (Å²) in [5.74, 6) is 1.61. The molecule has 1 heterocycles. The number of rotatable bonds is 4. The minimum Gasteiger partial charge on any atom is -0.467 e. The molecular weight excluding hydrogens is 214 g/mol. The Kier molecular flexibility index (Phi) is 4.24. The van der Waals surface area contributed by atoms with Crippen LogP contribution in [0.1, 0.15) is 51.4 Å². The largest absolute Gasteiger partial charge is 0.467 e. The lowest BCUT2D eigenvalue weighted by atomic mass is 9.88. The van der Waals surface area contributed by atoms with Crippen molar-refractivity contribution in [3.05, 3.63) is 24.2 Å². The minimum atomic E-state index is -0.111. The number of furan rings is 1. The van der Waals surface area contributed by atoms with E-state index in [2.05, 4.69) is 6.92 Å². The van der Waals surface area contributed by atoms with Crippen molar-refractivity contribution >= 4 is 0 Å². The van der Waals surface area contributed by atoms with Crippen molar-refractivity contribution in [1.29, 1.82) is 0 Å². The lowest BCUT2D eigenvalue weighted by molar-refractivity contribution is -0.0577. The second-order valence-corrected chi connectivity index (χ2v) is 5.33. The molecule has 1 fully saturated rings. The lowest BCUT2D eigenvalue weighted by Gasteiger charge is -2.31. The van der Waals surface area contributed by atoms with Crippen molar-refractivity contribution < 1.29 is 9.15 Å². The molecule has 3 nitrogen and oxygen atoms in total. The standard InChI is InChI=1S/C14H23NO2/c1-10-5-3-6-12(9-10)17-14(11(2)15)13-7-4-8-16-13/h4,7-8,10-12,14H,3,5-6,9,15H2,1-2H3. The molecule has 0 aliphatic heterocycles. The first-order valence-electron chi connectivity index (χ1n) is 6.61. The van der Waals surface area contributed by atoms with Crippen LogP contribution in [-0.4, -0.2) is 12.1 Å². The van der Waals surface area contributed by atoms with Crippen LogP contribution in [-0.2, 0) is 4.74 Å². The Bertz CT molecular complexity index is 321. The van der Waals surface area contributed by atoms with Gasteiger partial charge in [0.1, 0.15) is 11.9 Å². The summed E-state index contributed by atoms with van der Waals surface area (Å²) in [6.07, 6.45) is 6.77. The normalized spacial score (nSPS) is 28.9. The minimum absolute atomic E-state index is 0.0432. The molecule has 1 aromatic rings. The smallest absolute Gasteiger partial charge is 0.134 e. The first-order chi connectivity index (χ1) is 8.16. The van der Waals surface area contributed by atoms with Crippen molar-refractivity contribution in [2.24, 2.45) is 11.7 Å². The molecule has 96 valence electrons. The molecule has 2 N–H and O–H groups in total. The lowest BCUT2D eigenvalue weighted by Crippen LogP contribution is -2.32. The van der Waals surface area contributed by atoms with Crippen LogP contribution in [0.25, 0.3) is 0 Å². The maximum Gasteiger partial charge on any atom is 0.134 e. The van der Waals surface area contributed by atoms with E-state index in [0.717, 1.165) is 24.5 Å². The van der Waals surface area contributed by atoms with E-state index in [-0.39, 0.29) is 12.1 Å². The van der Waals surface area contributed by atoms with Gasteiger partial charge in [-0.05, 0) is 37.8 Å². The Morgan fingerprint density at radius 2 is 2.29 bits per heavy atom. The Morgan fingerprint density at radius 3 is 2.88 bits per heavy atom. The van der Waals surface area contributed by atoms with E-state index in [1.165, 1.54) is 12.8 Å². The van der Waals surface area contributed by atoms with Crippen molar-refractivity contribution in [3.8, 4) is 0 Å². The van der Waals surface area contributed by atoms with Gasteiger partial charge in [-0.2, -0.15) is 0 Å². The summed E-state index contributed by atoms with van der Waals surface area (Å²) >= 11 is 0. The Balaban J connectivity index is 1.98. The van der Waals surface area contributed by atoms with Crippen LogP contribution in [0.15, 0.2) is 22.8 Å². The molecular formula is C14H23NO2. The highest BCUT2D eigenvalue weighted by atomic mass is 16.5. The van der Waals surface area contributed by atoms with Crippen LogP contribution < -0.4 is 5.73 Å². The third kappa shape index (κ3) is 3.33. The van der Waals surface area contributed by atoms with Gasteiger partial charge in [-0.1, -0.05) is 19.8 Å². The zero-order chi connectivity index (χ0) is 12.3. The molecule has 0 bridgehead atoms. The van der Waals surface area contributed by atoms with Gasteiger partial charge in [-0.3, -0.25) is 0 Å². The fraction of sp³-hybridized carbons (Fsp3) is 0.714. The van der Waals surface area contributed by atoms with E-state index in [9.17, 15) is 0 Å². The first-order valence-corrected chi connectivity index (χ1v) is 6.61. The zero-order valence-electron chi connectivity index (χ0n) is 10.8. The average molecular weight is 237 g/mol. The van der Waals surface area contributed by atoms with E-state index in [0.29, 0.717) is 6.10 Å². The second kappa shape index (κ2) is 5.69. The number of nitrogens with two attached hydrogens (primary N) is 1. The molecule has 1 aliphatic rings. The van der Waals surface area contributed by atoms with Crippen molar-refractivity contribution in [2.45, 2.75) is 57.8 Å². The molecule has 2 rings (SSSR count). The van der Waals surface area contributed by atoms with Crippen LogP contribution in [0.5, 0.6) is 0 Å². The molecule has 0 radical (unpaired) electrons. The molecule has 17 heavy (non-hydrogen) atoms. The van der Waals surface area contributed by atoms with Crippen molar-refractivity contribution in [2.75, 3.05) is 0 Å². The molecule has 3 heteroatoms. The Morgan fingerprint density at radius 1 is 1.47 bits per heavy atom. The van der Waals surface area contributed by atoms with Gasteiger partial charge in [0, 0.05) is 6.04 Å². The average Bonchev–Trinajstić information content (AvgIpc) is 2.78. The maximum atomic E-state index is 6.15. The van der Waals surface area contributed by atoms with E-state index in [1.807, 2.05) is 19.1 Å². The summed E-state index contributed by atoms with van der Waals surface area (Å²) in [5, 5.41) is 0. The van der Waals surface area contributed by atoms with Gasteiger partial charge in [0.15, 0.2) is 0 Å². The monoisotopic (exact) mass is 237 g/mol. The molecule has 4 unspecified atom stereocenters. The van der Waals surface area contributed by atoms with Crippen LogP contribution in [0, 0.1) is 5.92 Å². The van der Waals surface area contributed by atoms with Crippen LogP contribution in [0.3, 0.4) is 0 Å². The van der Waals surface area contributed by atoms with E-state index >= 15 is 0 Å². The highest BCUT2D eigenvalue weighted by Crippen LogP contribution is 2.31. The van der Waals surface area contributed by atoms with Gasteiger partial charge >= 0.3 is 0 Å². The molecule has 1 saturated carbocycles. The molecule has 1 aliphatic carbocycles. The highest BCUT2D eigenvalue weighted by molar-refractivity contribution is 5.04.